The summed E-state index contributed by atoms with van der Waals surface area (Å²) in [5.41, 5.74) is 0.623. The molecule has 0 bridgehead atoms. The molecule has 0 aliphatic carbocycles. The van der Waals surface area contributed by atoms with E-state index >= 15 is 0 Å². The lowest BCUT2D eigenvalue weighted by Gasteiger charge is -1.98. The summed E-state index contributed by atoms with van der Waals surface area (Å²) in [4.78, 5) is 29.0. The molecule has 0 amide bonds. The van der Waals surface area contributed by atoms with Gasteiger partial charge in [0.15, 0.2) is 0 Å². The van der Waals surface area contributed by atoms with Crippen molar-refractivity contribution in [1.82, 2.24) is 0 Å². The minimum Gasteiger partial charge on any atom is -0.258 e. The van der Waals surface area contributed by atoms with Crippen LogP contribution in [0.5, 0.6) is 0 Å². The van der Waals surface area contributed by atoms with E-state index in [-0.39, 0.29) is 5.69 Å². The maximum atomic E-state index is 10.5. The molecule has 1 aromatic carbocycles. The second-order valence-electron chi connectivity index (χ2n) is 2.42. The average Bonchev–Trinajstić information content (AvgIpc) is 2.18. The van der Waals surface area contributed by atoms with Gasteiger partial charge in [0.05, 0.1) is 21.2 Å². The molecule has 0 atom stereocenters. The predicted octanol–water partition coefficient (Wildman–Crippen LogP) is 1.60. The summed E-state index contributed by atoms with van der Waals surface area (Å²) >= 11 is 0. The van der Waals surface area contributed by atoms with E-state index < -0.39 is 21.2 Å². The molecule has 0 radical (unpaired) electrons. The second-order valence-corrected chi connectivity index (χ2v) is 2.42. The highest BCUT2D eigenvalue weighted by Crippen LogP contribution is 2.28. The number of hydrogen-bond donors (Lipinski definition) is 1. The topological polar surface area (TPSA) is 128 Å². The van der Waals surface area contributed by atoms with E-state index in [0.717, 1.165) is 18.2 Å². The monoisotopic (exact) mass is 212 g/mol. The van der Waals surface area contributed by atoms with Gasteiger partial charge in [0, 0.05) is 6.07 Å². The van der Waals surface area contributed by atoms with Crippen LogP contribution in [0.2, 0.25) is 0 Å². The van der Waals surface area contributed by atoms with E-state index in [2.05, 4.69) is 5.29 Å². The number of non-ortho nitro benzene ring substituents is 1. The SMILES string of the molecule is O=NNc1ccc([N+](=O)[O-])cc1[N+](=O)[O-]. The third-order valence-corrected chi connectivity index (χ3v) is 1.55. The number of anilines is 1. The molecule has 0 saturated heterocycles. The van der Waals surface area contributed by atoms with Crippen LogP contribution in [0.3, 0.4) is 0 Å². The highest BCUT2D eigenvalue weighted by molar-refractivity contribution is 5.64. The van der Waals surface area contributed by atoms with Crippen molar-refractivity contribution in [3.8, 4) is 0 Å². The molecule has 0 unspecified atom stereocenters. The number of rotatable bonds is 4. The van der Waals surface area contributed by atoms with Gasteiger partial charge >= 0.3 is 5.69 Å². The highest BCUT2D eigenvalue weighted by Gasteiger charge is 2.19. The van der Waals surface area contributed by atoms with Gasteiger partial charge in [0.1, 0.15) is 5.69 Å². The molecule has 9 nitrogen and oxygen atoms in total. The van der Waals surface area contributed by atoms with E-state index in [1.807, 2.05) is 5.43 Å². The smallest absolute Gasteiger partial charge is 0.258 e. The first kappa shape index (κ1) is 10.5. The Morgan fingerprint density at radius 2 is 1.87 bits per heavy atom. The van der Waals surface area contributed by atoms with Crippen LogP contribution in [0.4, 0.5) is 17.1 Å². The van der Waals surface area contributed by atoms with Crippen molar-refractivity contribution in [1.29, 1.82) is 0 Å². The quantitative estimate of drug-likeness (QED) is 0.458. The zero-order chi connectivity index (χ0) is 11.4. The third kappa shape index (κ3) is 2.21. The summed E-state index contributed by atoms with van der Waals surface area (Å²) in [7, 11) is 0. The van der Waals surface area contributed by atoms with Gasteiger partial charge in [0.25, 0.3) is 5.69 Å². The molecular weight excluding hydrogens is 208 g/mol. The van der Waals surface area contributed by atoms with Crippen molar-refractivity contribution in [3.63, 3.8) is 0 Å². The van der Waals surface area contributed by atoms with E-state index in [1.165, 1.54) is 0 Å². The van der Waals surface area contributed by atoms with Crippen LogP contribution in [0.25, 0.3) is 0 Å². The number of nitro groups is 2. The number of nitrogens with one attached hydrogen (secondary N) is 1. The van der Waals surface area contributed by atoms with Gasteiger partial charge in [-0.1, -0.05) is 0 Å². The maximum absolute atomic E-state index is 10.5. The van der Waals surface area contributed by atoms with Crippen LogP contribution >= 0.6 is 0 Å². The van der Waals surface area contributed by atoms with Gasteiger partial charge in [-0.05, 0) is 6.07 Å². The van der Waals surface area contributed by atoms with E-state index in [0.29, 0.717) is 0 Å². The Hall–Kier alpha value is -2.58. The van der Waals surface area contributed by atoms with Crippen molar-refractivity contribution in [2.45, 2.75) is 0 Å². The molecule has 0 aliphatic heterocycles. The fourth-order valence-electron chi connectivity index (χ4n) is 0.928. The fraction of sp³-hybridized carbons (Fsp3) is 0. The molecule has 15 heavy (non-hydrogen) atoms. The lowest BCUT2D eigenvalue weighted by atomic mass is 10.2. The Morgan fingerprint density at radius 3 is 2.33 bits per heavy atom. The molecule has 1 rings (SSSR count). The molecule has 0 saturated carbocycles. The summed E-state index contributed by atoms with van der Waals surface area (Å²) in [5.74, 6) is 0. The summed E-state index contributed by atoms with van der Waals surface area (Å²) in [6, 6.07) is 2.81. The highest BCUT2D eigenvalue weighted by atomic mass is 16.6. The predicted molar refractivity (Wildman–Crippen MR) is 49.2 cm³/mol. The Kier molecular flexibility index (Phi) is 2.86. The fourth-order valence-corrected chi connectivity index (χ4v) is 0.928. The van der Waals surface area contributed by atoms with Gasteiger partial charge in [-0.3, -0.25) is 20.2 Å². The molecule has 0 heterocycles. The second kappa shape index (κ2) is 4.09. The summed E-state index contributed by atoms with van der Waals surface area (Å²) in [5, 5.41) is 23.0. The zero-order valence-electron chi connectivity index (χ0n) is 7.11. The molecule has 0 fully saturated rings. The van der Waals surface area contributed by atoms with E-state index in [4.69, 9.17) is 0 Å². The van der Waals surface area contributed by atoms with Crippen LogP contribution in [-0.4, -0.2) is 9.85 Å². The third-order valence-electron chi connectivity index (χ3n) is 1.55. The first-order chi connectivity index (χ1) is 7.06. The summed E-state index contributed by atoms with van der Waals surface area (Å²) in [6.45, 7) is 0. The minimum atomic E-state index is -0.847. The van der Waals surface area contributed by atoms with Crippen molar-refractivity contribution in [3.05, 3.63) is 43.3 Å². The van der Waals surface area contributed by atoms with Gasteiger partial charge < -0.3 is 0 Å². The van der Waals surface area contributed by atoms with Gasteiger partial charge in [0.2, 0.25) is 0 Å². The molecule has 9 heteroatoms. The molecule has 1 aromatic rings. The lowest BCUT2D eigenvalue weighted by Crippen LogP contribution is -1.97. The normalized spacial score (nSPS) is 9.33. The first-order valence-electron chi connectivity index (χ1n) is 3.57. The van der Waals surface area contributed by atoms with Crippen LogP contribution < -0.4 is 5.43 Å². The van der Waals surface area contributed by atoms with Crippen LogP contribution in [0, 0.1) is 25.1 Å². The maximum Gasteiger partial charge on any atom is 0.301 e. The number of nitro benzene ring substituents is 2. The van der Waals surface area contributed by atoms with Gasteiger partial charge in [-0.15, -0.1) is 4.91 Å². The van der Waals surface area contributed by atoms with Gasteiger partial charge in [-0.25, -0.2) is 5.43 Å². The number of nitroso groups, excluding NO2 is 1. The molecular formula is C6H4N4O5. The molecule has 1 N–H and O–H groups in total. The molecule has 0 spiro atoms. The zero-order valence-corrected chi connectivity index (χ0v) is 7.11. The first-order valence-corrected chi connectivity index (χ1v) is 3.57. The number of nitrogens with zero attached hydrogens (tertiary/aromatic N) is 3. The van der Waals surface area contributed by atoms with Crippen molar-refractivity contribution < 1.29 is 9.85 Å². The molecule has 0 aliphatic rings. The Labute approximate surface area is 82.0 Å². The van der Waals surface area contributed by atoms with Crippen LogP contribution in [0.15, 0.2) is 23.5 Å². The van der Waals surface area contributed by atoms with E-state index in [1.54, 1.807) is 0 Å². The van der Waals surface area contributed by atoms with Gasteiger partial charge in [-0.2, -0.15) is 0 Å². The average molecular weight is 212 g/mol. The number of hydrogen-bond acceptors (Lipinski definition) is 6. The van der Waals surface area contributed by atoms with Crippen LogP contribution in [-0.2, 0) is 0 Å². The summed E-state index contributed by atoms with van der Waals surface area (Å²) < 4.78 is 0. The number of benzene rings is 1. The van der Waals surface area contributed by atoms with E-state index in [9.17, 15) is 25.1 Å². The summed E-state index contributed by atoms with van der Waals surface area (Å²) in [6.07, 6.45) is 0. The largest absolute Gasteiger partial charge is 0.301 e. The van der Waals surface area contributed by atoms with Crippen molar-refractivity contribution in [2.24, 2.45) is 5.29 Å². The molecule has 0 aromatic heterocycles. The molecule has 78 valence electrons. The van der Waals surface area contributed by atoms with Crippen molar-refractivity contribution in [2.75, 3.05) is 5.43 Å². The Morgan fingerprint density at radius 1 is 1.20 bits per heavy atom. The minimum absolute atomic E-state index is 0.194. The van der Waals surface area contributed by atoms with Crippen LogP contribution in [0.1, 0.15) is 0 Å². The standard InChI is InChI=1S/C6H4N4O5/c11-8-7-5-2-1-4(9(12)13)3-6(5)10(14)15/h1-3H,(H,7,11). The van der Waals surface area contributed by atoms with Crippen molar-refractivity contribution >= 4 is 17.1 Å². The Balaban J connectivity index is 3.26. The lowest BCUT2D eigenvalue weighted by molar-refractivity contribution is -0.393. The Bertz CT molecular complexity index is 432.